The van der Waals surface area contributed by atoms with Crippen LogP contribution in [0, 0.1) is 0 Å². The molecule has 0 amide bonds. The van der Waals surface area contributed by atoms with Crippen molar-refractivity contribution in [3.63, 3.8) is 0 Å². The third-order valence-electron chi connectivity index (χ3n) is 1.44. The van der Waals surface area contributed by atoms with Crippen molar-refractivity contribution in [3.8, 4) is 0 Å². The quantitative estimate of drug-likeness (QED) is 0.450. The van der Waals surface area contributed by atoms with Gasteiger partial charge < -0.3 is 9.84 Å². The molecule has 58 valence electrons. The molecule has 0 aromatic carbocycles. The van der Waals surface area contributed by atoms with Crippen molar-refractivity contribution in [2.45, 2.75) is 18.9 Å². The maximum atomic E-state index is 10.4. The predicted molar refractivity (Wildman–Crippen MR) is 33.7 cm³/mol. The van der Waals surface area contributed by atoms with E-state index in [9.17, 15) is 9.59 Å². The molecule has 0 spiro atoms. The number of carbonyl (C=O) groups excluding carboxylic acids is 1. The van der Waals surface area contributed by atoms with E-state index in [0.29, 0.717) is 6.29 Å². The molecule has 0 aromatic heterocycles. The summed E-state index contributed by atoms with van der Waals surface area (Å²) in [4.78, 5) is 20.6. The molecule has 0 fully saturated rings. The molecule has 10 heavy (non-hydrogen) atoms. The fourth-order valence-corrected chi connectivity index (χ4v) is 0.565. The van der Waals surface area contributed by atoms with Crippen molar-refractivity contribution in [1.82, 2.24) is 0 Å². The zero-order valence-electron chi connectivity index (χ0n) is 5.96. The van der Waals surface area contributed by atoms with Crippen molar-refractivity contribution in [1.29, 1.82) is 0 Å². The molecule has 0 aliphatic rings. The summed E-state index contributed by atoms with van der Waals surface area (Å²) in [6, 6.07) is 0. The van der Waals surface area contributed by atoms with Crippen LogP contribution in [0.4, 0.5) is 0 Å². The van der Waals surface area contributed by atoms with Gasteiger partial charge in [-0.05, 0) is 6.42 Å². The van der Waals surface area contributed by atoms with Gasteiger partial charge in [0.25, 0.3) is 0 Å². The summed E-state index contributed by atoms with van der Waals surface area (Å²) in [5.74, 6) is -1.24. The van der Waals surface area contributed by atoms with E-state index < -0.39 is 11.6 Å². The number of ether oxygens (including phenoxy) is 1. The van der Waals surface area contributed by atoms with Crippen LogP contribution in [0.5, 0.6) is 0 Å². The average molecular weight is 146 g/mol. The topological polar surface area (TPSA) is 63.6 Å². The molecule has 0 rings (SSSR count). The van der Waals surface area contributed by atoms with Crippen LogP contribution in [-0.2, 0) is 14.3 Å². The highest BCUT2D eigenvalue weighted by Gasteiger charge is 2.36. The minimum Gasteiger partial charge on any atom is -0.479 e. The fourth-order valence-electron chi connectivity index (χ4n) is 0.565. The summed E-state index contributed by atoms with van der Waals surface area (Å²) in [5, 5.41) is 8.47. The standard InChI is InChI=1S/C6H10O4/c1-3-6(4-7,10-2)5(8)9/h4H,3H2,1-2H3,(H,8,9). The van der Waals surface area contributed by atoms with E-state index in [2.05, 4.69) is 4.74 Å². The van der Waals surface area contributed by atoms with Crippen LogP contribution in [0.3, 0.4) is 0 Å². The van der Waals surface area contributed by atoms with Crippen molar-refractivity contribution in [2.75, 3.05) is 7.11 Å². The van der Waals surface area contributed by atoms with Gasteiger partial charge in [0.05, 0.1) is 0 Å². The van der Waals surface area contributed by atoms with Crippen LogP contribution in [0.15, 0.2) is 0 Å². The monoisotopic (exact) mass is 146 g/mol. The third kappa shape index (κ3) is 1.33. The van der Waals surface area contributed by atoms with Gasteiger partial charge in [-0.1, -0.05) is 6.92 Å². The Hall–Kier alpha value is -0.900. The van der Waals surface area contributed by atoms with E-state index in [-0.39, 0.29) is 6.42 Å². The highest BCUT2D eigenvalue weighted by atomic mass is 16.5. The summed E-state index contributed by atoms with van der Waals surface area (Å²) in [6.07, 6.45) is 0.442. The van der Waals surface area contributed by atoms with Gasteiger partial charge in [-0.15, -0.1) is 0 Å². The van der Waals surface area contributed by atoms with Crippen LogP contribution < -0.4 is 0 Å². The van der Waals surface area contributed by atoms with Gasteiger partial charge in [-0.3, -0.25) is 4.79 Å². The van der Waals surface area contributed by atoms with Crippen molar-refractivity contribution in [3.05, 3.63) is 0 Å². The smallest absolute Gasteiger partial charge is 0.343 e. The van der Waals surface area contributed by atoms with Gasteiger partial charge in [0.2, 0.25) is 5.60 Å². The van der Waals surface area contributed by atoms with E-state index in [1.54, 1.807) is 6.92 Å². The Morgan fingerprint density at radius 2 is 2.30 bits per heavy atom. The SMILES string of the molecule is CCC(C=O)(OC)C(=O)O. The molecule has 0 aromatic rings. The summed E-state index contributed by atoms with van der Waals surface area (Å²) in [7, 11) is 1.20. The van der Waals surface area contributed by atoms with Crippen LogP contribution in [0.25, 0.3) is 0 Å². The third-order valence-corrected chi connectivity index (χ3v) is 1.44. The molecular formula is C6H10O4. The molecule has 0 bridgehead atoms. The molecule has 0 saturated carbocycles. The maximum Gasteiger partial charge on any atom is 0.343 e. The zero-order valence-corrected chi connectivity index (χ0v) is 5.96. The number of aldehydes is 1. The summed E-state index contributed by atoms with van der Waals surface area (Å²) < 4.78 is 4.53. The Kier molecular flexibility index (Phi) is 3.02. The first kappa shape index (κ1) is 9.10. The second-order valence-corrected chi connectivity index (χ2v) is 1.87. The summed E-state index contributed by atoms with van der Waals surface area (Å²) in [6.45, 7) is 1.58. The van der Waals surface area contributed by atoms with E-state index >= 15 is 0 Å². The molecular weight excluding hydrogens is 136 g/mol. The molecule has 0 aliphatic heterocycles. The first-order valence-electron chi connectivity index (χ1n) is 2.88. The van der Waals surface area contributed by atoms with E-state index in [1.807, 2.05) is 0 Å². The van der Waals surface area contributed by atoms with E-state index in [1.165, 1.54) is 7.11 Å². The Bertz CT molecular complexity index is 137. The largest absolute Gasteiger partial charge is 0.479 e. The number of hydrogen-bond acceptors (Lipinski definition) is 3. The summed E-state index contributed by atoms with van der Waals surface area (Å²) >= 11 is 0. The van der Waals surface area contributed by atoms with Crippen LogP contribution in [0.1, 0.15) is 13.3 Å². The normalized spacial score (nSPS) is 15.8. The zero-order chi connectivity index (χ0) is 8.20. The lowest BCUT2D eigenvalue weighted by molar-refractivity contribution is -0.164. The number of carbonyl (C=O) groups is 2. The number of aliphatic carboxylic acids is 1. The van der Waals surface area contributed by atoms with Gasteiger partial charge in [0, 0.05) is 7.11 Å². The molecule has 4 nitrogen and oxygen atoms in total. The highest BCUT2D eigenvalue weighted by molar-refractivity contribution is 5.95. The van der Waals surface area contributed by atoms with E-state index in [0.717, 1.165) is 0 Å². The Morgan fingerprint density at radius 3 is 2.30 bits per heavy atom. The molecule has 1 unspecified atom stereocenters. The molecule has 4 heteroatoms. The van der Waals surface area contributed by atoms with Gasteiger partial charge in [-0.2, -0.15) is 0 Å². The number of hydrogen-bond donors (Lipinski definition) is 1. The van der Waals surface area contributed by atoms with Gasteiger partial charge in [0.1, 0.15) is 0 Å². The Balaban J connectivity index is 4.46. The lowest BCUT2D eigenvalue weighted by Crippen LogP contribution is -2.41. The predicted octanol–water partition coefficient (Wildman–Crippen LogP) is 0.0651. The second-order valence-electron chi connectivity index (χ2n) is 1.87. The minimum atomic E-state index is -1.64. The molecule has 1 atom stereocenters. The van der Waals surface area contributed by atoms with E-state index in [4.69, 9.17) is 5.11 Å². The molecule has 0 aliphatic carbocycles. The number of methoxy groups -OCH3 is 1. The molecule has 0 heterocycles. The Labute approximate surface area is 58.8 Å². The molecule has 0 saturated heterocycles. The van der Waals surface area contributed by atoms with Gasteiger partial charge in [0.15, 0.2) is 6.29 Å². The van der Waals surface area contributed by atoms with Crippen LogP contribution in [0.2, 0.25) is 0 Å². The summed E-state index contributed by atoms with van der Waals surface area (Å²) in [5.41, 5.74) is -1.64. The second kappa shape index (κ2) is 3.31. The van der Waals surface area contributed by atoms with Crippen LogP contribution in [-0.4, -0.2) is 30.1 Å². The minimum absolute atomic E-state index is 0.141. The van der Waals surface area contributed by atoms with Crippen LogP contribution >= 0.6 is 0 Å². The molecule has 0 radical (unpaired) electrons. The first-order valence-corrected chi connectivity index (χ1v) is 2.88. The highest BCUT2D eigenvalue weighted by Crippen LogP contribution is 2.11. The van der Waals surface area contributed by atoms with Gasteiger partial charge in [-0.25, -0.2) is 4.79 Å². The van der Waals surface area contributed by atoms with Crippen molar-refractivity contribution < 1.29 is 19.4 Å². The maximum absolute atomic E-state index is 10.4. The number of carboxylic acids is 1. The lowest BCUT2D eigenvalue weighted by Gasteiger charge is -2.18. The lowest BCUT2D eigenvalue weighted by atomic mass is 10.0. The van der Waals surface area contributed by atoms with Crippen molar-refractivity contribution >= 4 is 12.3 Å². The first-order chi connectivity index (χ1) is 4.63. The van der Waals surface area contributed by atoms with Gasteiger partial charge >= 0.3 is 5.97 Å². The Morgan fingerprint density at radius 1 is 1.80 bits per heavy atom. The average Bonchev–Trinajstić information content (AvgIpc) is 1.92. The molecule has 1 N–H and O–H groups in total. The van der Waals surface area contributed by atoms with Crippen molar-refractivity contribution in [2.24, 2.45) is 0 Å². The fraction of sp³-hybridized carbons (Fsp3) is 0.667. The number of carboxylic acid groups (broad SMARTS) is 1. The number of rotatable bonds is 4.